The van der Waals surface area contributed by atoms with Crippen molar-refractivity contribution < 1.29 is 9.90 Å². The molecular weight excluding hydrogens is 348 g/mol. The van der Waals surface area contributed by atoms with E-state index in [4.69, 9.17) is 11.1 Å². The Balaban J connectivity index is 2.57. The third-order valence-electron chi connectivity index (χ3n) is 3.92. The van der Waals surface area contributed by atoms with Crippen LogP contribution in [0, 0.1) is 5.41 Å². The highest BCUT2D eigenvalue weighted by molar-refractivity contribution is 8.18. The number of aliphatic imine (C=N–C) groups is 1. The van der Waals surface area contributed by atoms with Crippen LogP contribution in [0.25, 0.3) is 6.08 Å². The molecule has 1 amide bonds. The van der Waals surface area contributed by atoms with E-state index in [-0.39, 0.29) is 22.7 Å². The minimum absolute atomic E-state index is 0.245. The summed E-state index contributed by atoms with van der Waals surface area (Å²) in [6, 6.07) is 3.82. The van der Waals surface area contributed by atoms with Gasteiger partial charge >= 0.3 is 0 Å². The molecule has 2 rings (SSSR count). The topological polar surface area (TPSA) is 112 Å². The second kappa shape index (κ2) is 6.79. The lowest BCUT2D eigenvalue weighted by atomic mass is 9.78. The van der Waals surface area contributed by atoms with E-state index >= 15 is 0 Å². The molecule has 1 aromatic carbocycles. The maximum atomic E-state index is 12.2. The van der Waals surface area contributed by atoms with Gasteiger partial charge < -0.3 is 16.2 Å². The number of nitrogens with two attached hydrogens (primary N) is 1. The molecule has 0 unspecified atom stereocenters. The molecule has 1 saturated heterocycles. The highest BCUT2D eigenvalue weighted by atomic mass is 32.2. The first-order valence-corrected chi connectivity index (χ1v) is 9.12. The van der Waals surface area contributed by atoms with E-state index in [9.17, 15) is 9.90 Å². The summed E-state index contributed by atoms with van der Waals surface area (Å²) in [5, 5.41) is 20.9. The number of nitrogens with zero attached hydrogens (tertiary/aromatic N) is 1. The number of hydrogen-bond donors (Lipinski definition) is 4. The van der Waals surface area contributed by atoms with Crippen LogP contribution < -0.4 is 11.1 Å². The number of phenols is 1. The highest BCUT2D eigenvalue weighted by Gasteiger charge is 2.28. The summed E-state index contributed by atoms with van der Waals surface area (Å²) in [6.07, 6.45) is 1.77. The molecule has 140 valence electrons. The Bertz CT molecular complexity index is 792. The summed E-state index contributed by atoms with van der Waals surface area (Å²) in [6.45, 7) is 12.3. The molecule has 7 heteroatoms. The van der Waals surface area contributed by atoms with E-state index in [1.807, 2.05) is 53.7 Å². The maximum Gasteiger partial charge on any atom is 0.264 e. The summed E-state index contributed by atoms with van der Waals surface area (Å²) in [5.41, 5.74) is 7.26. The number of amides is 1. The van der Waals surface area contributed by atoms with Crippen LogP contribution in [0.2, 0.25) is 0 Å². The van der Waals surface area contributed by atoms with Gasteiger partial charge in [-0.3, -0.25) is 10.2 Å². The quantitative estimate of drug-likeness (QED) is 0.343. The van der Waals surface area contributed by atoms with Crippen LogP contribution >= 0.6 is 11.8 Å². The zero-order chi connectivity index (χ0) is 19.9. The minimum Gasteiger partial charge on any atom is -0.507 e. The molecule has 6 nitrogen and oxygen atoms in total. The average Bonchev–Trinajstić information content (AvgIpc) is 2.77. The molecule has 26 heavy (non-hydrogen) atoms. The molecule has 0 aliphatic carbocycles. The van der Waals surface area contributed by atoms with Crippen LogP contribution in [-0.4, -0.2) is 22.1 Å². The van der Waals surface area contributed by atoms with Gasteiger partial charge in [0.2, 0.25) is 5.96 Å². The SMILES string of the molecule is CC(C)(C)c1cc(/C=C2/S/C(=N/C(=N)N)NC2=O)cc(C(C)(C)C)c1O. The van der Waals surface area contributed by atoms with Crippen molar-refractivity contribution in [1.29, 1.82) is 5.41 Å². The molecule has 1 aliphatic heterocycles. The van der Waals surface area contributed by atoms with Crippen molar-refractivity contribution in [3.63, 3.8) is 0 Å². The molecule has 1 fully saturated rings. The molecule has 0 atom stereocenters. The van der Waals surface area contributed by atoms with Crippen LogP contribution in [0.3, 0.4) is 0 Å². The maximum absolute atomic E-state index is 12.2. The van der Waals surface area contributed by atoms with Gasteiger partial charge in [-0.15, -0.1) is 0 Å². The molecule has 0 saturated carbocycles. The largest absolute Gasteiger partial charge is 0.507 e. The molecule has 0 spiro atoms. The molecule has 0 bridgehead atoms. The normalized spacial score (nSPS) is 18.5. The van der Waals surface area contributed by atoms with Crippen LogP contribution in [-0.2, 0) is 15.6 Å². The number of carbonyl (C=O) groups excluding carboxylic acids is 1. The van der Waals surface area contributed by atoms with Crippen LogP contribution in [0.15, 0.2) is 22.0 Å². The third-order valence-corrected chi connectivity index (χ3v) is 4.83. The second-order valence-electron chi connectivity index (χ2n) is 8.33. The lowest BCUT2D eigenvalue weighted by Crippen LogP contribution is -2.22. The van der Waals surface area contributed by atoms with Gasteiger partial charge in [0.05, 0.1) is 4.91 Å². The van der Waals surface area contributed by atoms with Crippen molar-refractivity contribution in [2.45, 2.75) is 52.4 Å². The first-order valence-electron chi connectivity index (χ1n) is 8.30. The number of thioether (sulfide) groups is 1. The number of carbonyl (C=O) groups is 1. The first kappa shape index (κ1) is 20.0. The fourth-order valence-corrected chi connectivity index (χ4v) is 3.46. The smallest absolute Gasteiger partial charge is 0.264 e. The highest BCUT2D eigenvalue weighted by Crippen LogP contribution is 2.40. The number of nitrogens with one attached hydrogen (secondary N) is 2. The number of phenolic OH excluding ortho intramolecular Hbond substituents is 1. The van der Waals surface area contributed by atoms with Crippen molar-refractivity contribution in [3.05, 3.63) is 33.7 Å². The number of aromatic hydroxyl groups is 1. The summed E-state index contributed by atoms with van der Waals surface area (Å²) in [7, 11) is 0. The number of hydrogen-bond acceptors (Lipinski definition) is 4. The van der Waals surface area contributed by atoms with Crippen molar-refractivity contribution in [3.8, 4) is 5.75 Å². The Labute approximate surface area is 158 Å². The fourth-order valence-electron chi connectivity index (χ4n) is 2.62. The summed E-state index contributed by atoms with van der Waals surface area (Å²) in [5.74, 6) is -0.337. The summed E-state index contributed by atoms with van der Waals surface area (Å²) >= 11 is 1.14. The zero-order valence-electron chi connectivity index (χ0n) is 16.0. The Kier molecular flexibility index (Phi) is 5.24. The summed E-state index contributed by atoms with van der Waals surface area (Å²) in [4.78, 5) is 16.4. The van der Waals surface area contributed by atoms with Crippen molar-refractivity contribution >= 4 is 34.9 Å². The lowest BCUT2D eigenvalue weighted by Gasteiger charge is -2.28. The van der Waals surface area contributed by atoms with Gasteiger partial charge in [0.1, 0.15) is 5.75 Å². The monoisotopic (exact) mass is 374 g/mol. The van der Waals surface area contributed by atoms with E-state index in [1.165, 1.54) is 0 Å². The van der Waals surface area contributed by atoms with Crippen LogP contribution in [0.5, 0.6) is 5.75 Å². The van der Waals surface area contributed by atoms with E-state index < -0.39 is 0 Å². The minimum atomic E-state index is -0.358. The van der Waals surface area contributed by atoms with Gasteiger partial charge in [-0.1, -0.05) is 41.5 Å². The van der Waals surface area contributed by atoms with Gasteiger partial charge in [0, 0.05) is 11.1 Å². The Hall–Kier alpha value is -2.28. The van der Waals surface area contributed by atoms with Gasteiger partial charge in [-0.25, -0.2) is 0 Å². The van der Waals surface area contributed by atoms with E-state index in [2.05, 4.69) is 10.3 Å². The molecule has 1 aromatic rings. The van der Waals surface area contributed by atoms with Crippen molar-refractivity contribution in [2.24, 2.45) is 10.7 Å². The molecule has 1 aliphatic rings. The van der Waals surface area contributed by atoms with E-state index in [0.29, 0.717) is 15.8 Å². The van der Waals surface area contributed by atoms with Gasteiger partial charge in [-0.2, -0.15) is 4.99 Å². The van der Waals surface area contributed by atoms with Gasteiger partial charge in [-0.05, 0) is 46.4 Å². The fraction of sp³-hybridized carbons (Fsp3) is 0.421. The average molecular weight is 375 g/mol. The predicted octanol–water partition coefficient (Wildman–Crippen LogP) is 3.44. The van der Waals surface area contributed by atoms with Gasteiger partial charge in [0.15, 0.2) is 5.17 Å². The number of benzene rings is 1. The molecule has 0 radical (unpaired) electrons. The number of rotatable bonds is 1. The molecule has 1 heterocycles. The second-order valence-corrected chi connectivity index (χ2v) is 9.36. The number of guanidine groups is 1. The van der Waals surface area contributed by atoms with Crippen LogP contribution in [0.4, 0.5) is 0 Å². The van der Waals surface area contributed by atoms with Crippen molar-refractivity contribution in [2.75, 3.05) is 0 Å². The molecule has 5 N–H and O–H groups in total. The first-order chi connectivity index (χ1) is 11.8. The lowest BCUT2D eigenvalue weighted by molar-refractivity contribution is -0.115. The van der Waals surface area contributed by atoms with Gasteiger partial charge in [0.25, 0.3) is 5.91 Å². The Morgan fingerprint density at radius 1 is 1.19 bits per heavy atom. The predicted molar refractivity (Wildman–Crippen MR) is 109 cm³/mol. The Morgan fingerprint density at radius 3 is 2.12 bits per heavy atom. The zero-order valence-corrected chi connectivity index (χ0v) is 16.8. The molecular formula is C19H26N4O2S. The van der Waals surface area contributed by atoms with Crippen LogP contribution in [0.1, 0.15) is 58.2 Å². The Morgan fingerprint density at radius 2 is 1.69 bits per heavy atom. The van der Waals surface area contributed by atoms with Crippen molar-refractivity contribution in [1.82, 2.24) is 5.32 Å². The standard InChI is InChI=1S/C19H26N4O2S/c1-18(2,3)11-7-10(8-12(14(11)24)19(4,5)6)9-13-15(25)22-17(26-13)23-16(20)21/h7-9,24H,1-6H3,(H4,20,21,22,23,25)/b13-9+. The molecule has 0 aromatic heterocycles. The van der Waals surface area contributed by atoms with E-state index in [0.717, 1.165) is 28.5 Å². The third kappa shape index (κ3) is 4.46. The summed E-state index contributed by atoms with van der Waals surface area (Å²) < 4.78 is 0. The number of amidine groups is 1. The van der Waals surface area contributed by atoms with E-state index in [1.54, 1.807) is 6.08 Å².